The first-order chi connectivity index (χ1) is 26.7. The van der Waals surface area contributed by atoms with Gasteiger partial charge >= 0.3 is 0 Å². The molecule has 2 bridgehead atoms. The SMILES string of the molecule is COc1ccc(-c2c(C3CCCCC3)c3ccc(C(=O)NS(=O)(=O)C4CCCCC4)cc3n2CC2(C(=O)N3C4CC3CN(Cc3ccccc3)C4)CC2)cc1. The third-order valence-electron chi connectivity index (χ3n) is 13.5. The predicted octanol–water partition coefficient (Wildman–Crippen LogP) is 8.02. The molecule has 6 fully saturated rings. The van der Waals surface area contributed by atoms with Gasteiger partial charge in [-0.15, -0.1) is 0 Å². The Balaban J connectivity index is 1.08. The summed E-state index contributed by atoms with van der Waals surface area (Å²) >= 11 is 0. The van der Waals surface area contributed by atoms with Gasteiger partial charge in [0.1, 0.15) is 5.75 Å². The number of fused-ring (bicyclic) bond motifs is 3. The van der Waals surface area contributed by atoms with Crippen molar-refractivity contribution < 1.29 is 22.7 Å². The average molecular weight is 763 g/mol. The van der Waals surface area contributed by atoms with Crippen molar-refractivity contribution in [3.8, 4) is 17.0 Å². The molecule has 4 aromatic rings. The van der Waals surface area contributed by atoms with Crippen molar-refractivity contribution in [2.45, 2.75) is 120 Å². The summed E-state index contributed by atoms with van der Waals surface area (Å²) < 4.78 is 37.1. The summed E-state index contributed by atoms with van der Waals surface area (Å²) in [6.45, 7) is 3.21. The monoisotopic (exact) mass is 762 g/mol. The summed E-state index contributed by atoms with van der Waals surface area (Å²) in [5, 5.41) is 0.551. The number of amides is 2. The summed E-state index contributed by atoms with van der Waals surface area (Å²) in [6, 6.07) is 25.0. The lowest BCUT2D eigenvalue weighted by atomic mass is 9.81. The molecule has 2 amide bonds. The zero-order valence-corrected chi connectivity index (χ0v) is 32.9. The minimum absolute atomic E-state index is 0.231. The number of carbonyl (C=O) groups is 2. The van der Waals surface area contributed by atoms with Crippen LogP contribution in [-0.2, 0) is 27.9 Å². The molecule has 55 heavy (non-hydrogen) atoms. The predicted molar refractivity (Wildman–Crippen MR) is 215 cm³/mol. The number of benzene rings is 3. The van der Waals surface area contributed by atoms with Crippen molar-refractivity contribution in [1.82, 2.24) is 19.1 Å². The van der Waals surface area contributed by atoms with Gasteiger partial charge in [0, 0.05) is 54.7 Å². The fourth-order valence-corrected chi connectivity index (χ4v) is 11.9. The first kappa shape index (κ1) is 36.5. The molecule has 1 aromatic heterocycles. The third kappa shape index (κ3) is 6.98. The Bertz CT molecular complexity index is 2150. The smallest absolute Gasteiger partial charge is 0.264 e. The van der Waals surface area contributed by atoms with Crippen molar-refractivity contribution in [2.24, 2.45) is 5.41 Å². The average Bonchev–Trinajstić information content (AvgIpc) is 3.94. The van der Waals surface area contributed by atoms with Crippen LogP contribution in [0.3, 0.4) is 0 Å². The number of rotatable bonds is 11. The van der Waals surface area contributed by atoms with Gasteiger partial charge in [-0.25, -0.2) is 13.1 Å². The van der Waals surface area contributed by atoms with Gasteiger partial charge in [-0.1, -0.05) is 74.9 Å². The highest BCUT2D eigenvalue weighted by Crippen LogP contribution is 2.54. The molecule has 10 rings (SSSR count). The lowest BCUT2D eigenvalue weighted by molar-refractivity contribution is -0.161. The first-order valence-electron chi connectivity index (χ1n) is 20.7. The Morgan fingerprint density at radius 1 is 0.836 bits per heavy atom. The van der Waals surface area contributed by atoms with Crippen LogP contribution in [-0.4, -0.2) is 72.1 Å². The van der Waals surface area contributed by atoms with Gasteiger partial charge in [0.25, 0.3) is 5.91 Å². The second-order valence-corrected chi connectivity index (χ2v) is 19.1. The van der Waals surface area contributed by atoms with Gasteiger partial charge in [0.05, 0.1) is 23.5 Å². The highest BCUT2D eigenvalue weighted by molar-refractivity contribution is 7.90. The molecule has 2 atom stereocenters. The molecule has 0 radical (unpaired) electrons. The van der Waals surface area contributed by atoms with Crippen LogP contribution in [0.15, 0.2) is 72.8 Å². The van der Waals surface area contributed by atoms with E-state index in [1.54, 1.807) is 13.2 Å². The van der Waals surface area contributed by atoms with E-state index < -0.39 is 26.6 Å². The lowest BCUT2D eigenvalue weighted by Crippen LogP contribution is -2.71. The van der Waals surface area contributed by atoms with E-state index in [9.17, 15) is 18.0 Å². The number of hydrogen-bond donors (Lipinski definition) is 1. The van der Waals surface area contributed by atoms with Gasteiger partial charge in [0.15, 0.2) is 0 Å². The molecule has 9 nitrogen and oxygen atoms in total. The Labute approximate surface area is 325 Å². The van der Waals surface area contributed by atoms with Gasteiger partial charge in [-0.2, -0.15) is 0 Å². The van der Waals surface area contributed by atoms with Gasteiger partial charge < -0.3 is 14.2 Å². The van der Waals surface area contributed by atoms with Gasteiger partial charge in [0.2, 0.25) is 15.9 Å². The Hall–Kier alpha value is -4.15. The number of methoxy groups -OCH3 is 1. The topological polar surface area (TPSA) is 101 Å². The molecule has 3 saturated heterocycles. The Kier molecular flexibility index (Phi) is 9.78. The summed E-state index contributed by atoms with van der Waals surface area (Å²) in [4.78, 5) is 33.3. The van der Waals surface area contributed by atoms with Crippen molar-refractivity contribution >= 4 is 32.7 Å². The molecular weight excluding hydrogens is 709 g/mol. The Morgan fingerprint density at radius 2 is 1.51 bits per heavy atom. The van der Waals surface area contributed by atoms with E-state index in [4.69, 9.17) is 4.74 Å². The number of piperidine rings is 1. The van der Waals surface area contributed by atoms with E-state index in [0.717, 1.165) is 98.9 Å². The van der Waals surface area contributed by atoms with Crippen molar-refractivity contribution in [1.29, 1.82) is 0 Å². The number of nitrogens with zero attached hydrogens (tertiary/aromatic N) is 3. The van der Waals surface area contributed by atoms with Crippen LogP contribution in [0.25, 0.3) is 22.2 Å². The molecule has 10 heteroatoms. The second kappa shape index (κ2) is 14.7. The molecule has 4 heterocycles. The van der Waals surface area contributed by atoms with Crippen molar-refractivity contribution in [3.63, 3.8) is 0 Å². The molecular formula is C45H54N4O5S. The fraction of sp³-hybridized carbons (Fsp3) is 0.511. The summed E-state index contributed by atoms with van der Waals surface area (Å²) in [5.74, 6) is 0.804. The standard InChI is InChI=1S/C45H54N4O5S/c1-54-37-20-17-33(18-21-37)42-41(32-13-7-3-8-14-32)39-22-19-34(43(50)46-55(52,53)38-15-9-4-10-16-38)25-40(39)48(42)30-45(23-24-45)44(51)49-35-26-36(49)29-47(28-35)27-31-11-5-2-6-12-31/h2,5-6,11-12,17-22,25,32,35-36,38H,3-4,7-10,13-16,23-24,26-30H2,1H3,(H,46,50). The zero-order chi connectivity index (χ0) is 37.7. The second-order valence-electron chi connectivity index (χ2n) is 17.1. The van der Waals surface area contributed by atoms with E-state index >= 15 is 0 Å². The summed E-state index contributed by atoms with van der Waals surface area (Å²) in [5.41, 5.74) is 5.46. The maximum atomic E-state index is 14.8. The molecule has 290 valence electrons. The molecule has 3 aliphatic heterocycles. The molecule has 3 aromatic carbocycles. The van der Waals surface area contributed by atoms with Gasteiger partial charge in [-0.05, 0) is 104 Å². The number of aromatic nitrogens is 1. The summed E-state index contributed by atoms with van der Waals surface area (Å²) in [6.07, 6.45) is 12.4. The van der Waals surface area contributed by atoms with Crippen LogP contribution in [0.4, 0.5) is 0 Å². The number of hydrogen-bond acceptors (Lipinski definition) is 6. The van der Waals surface area contributed by atoms with Crippen LogP contribution in [0.1, 0.15) is 111 Å². The quantitative estimate of drug-likeness (QED) is 0.166. The number of nitrogens with one attached hydrogen (secondary N) is 1. The first-order valence-corrected chi connectivity index (χ1v) is 22.2. The van der Waals surface area contributed by atoms with Crippen LogP contribution in [0, 0.1) is 5.41 Å². The highest BCUT2D eigenvalue weighted by atomic mass is 32.2. The van der Waals surface area contributed by atoms with Crippen molar-refractivity contribution in [2.75, 3.05) is 20.2 Å². The van der Waals surface area contributed by atoms with Gasteiger partial charge in [-0.3, -0.25) is 14.5 Å². The maximum Gasteiger partial charge on any atom is 0.264 e. The third-order valence-corrected chi connectivity index (χ3v) is 15.3. The normalized spacial score (nSPS) is 23.0. The van der Waals surface area contributed by atoms with E-state index in [0.29, 0.717) is 30.9 Å². The van der Waals surface area contributed by atoms with Crippen LogP contribution >= 0.6 is 0 Å². The minimum Gasteiger partial charge on any atom is -0.497 e. The molecule has 6 aliphatic rings. The number of carbonyl (C=O) groups excluding carboxylic acids is 2. The highest BCUT2D eigenvalue weighted by Gasteiger charge is 2.58. The molecule has 2 unspecified atom stereocenters. The van der Waals surface area contributed by atoms with Crippen LogP contribution in [0.5, 0.6) is 5.75 Å². The molecule has 3 saturated carbocycles. The lowest BCUT2D eigenvalue weighted by Gasteiger charge is -2.57. The zero-order valence-electron chi connectivity index (χ0n) is 32.0. The summed E-state index contributed by atoms with van der Waals surface area (Å²) in [7, 11) is -2.13. The molecule has 3 aliphatic carbocycles. The van der Waals surface area contributed by atoms with E-state index in [2.05, 4.69) is 61.6 Å². The fourth-order valence-electron chi connectivity index (χ4n) is 10.4. The number of piperazine rings is 1. The van der Waals surface area contributed by atoms with Crippen LogP contribution in [0.2, 0.25) is 0 Å². The number of sulfonamides is 1. The van der Waals surface area contributed by atoms with Crippen LogP contribution < -0.4 is 9.46 Å². The van der Waals surface area contributed by atoms with E-state index in [1.165, 1.54) is 30.4 Å². The molecule has 1 N–H and O–H groups in total. The maximum absolute atomic E-state index is 14.8. The number of ether oxygens (including phenoxy) is 1. The minimum atomic E-state index is -3.80. The van der Waals surface area contributed by atoms with Crippen molar-refractivity contribution in [3.05, 3.63) is 89.5 Å². The largest absolute Gasteiger partial charge is 0.497 e. The van der Waals surface area contributed by atoms with E-state index in [-0.39, 0.29) is 18.0 Å². The molecule has 0 spiro atoms. The Morgan fingerprint density at radius 3 is 2.16 bits per heavy atom. The van der Waals surface area contributed by atoms with E-state index in [1.807, 2.05) is 24.3 Å².